The lowest BCUT2D eigenvalue weighted by Gasteiger charge is -2.35. The summed E-state index contributed by atoms with van der Waals surface area (Å²) < 4.78 is 1.81. The summed E-state index contributed by atoms with van der Waals surface area (Å²) in [5.41, 5.74) is 9.01. The molecule has 1 aliphatic heterocycles. The predicted molar refractivity (Wildman–Crippen MR) is 131 cm³/mol. The topological polar surface area (TPSA) is 132 Å². The summed E-state index contributed by atoms with van der Waals surface area (Å²) >= 11 is 0. The number of nitrogens with zero attached hydrogens (tertiary/aromatic N) is 4. The fourth-order valence-corrected chi connectivity index (χ4v) is 4.53. The quantitative estimate of drug-likeness (QED) is 0.167. The van der Waals surface area contributed by atoms with Crippen molar-refractivity contribution >= 4 is 34.5 Å². The number of rotatable bonds is 7. The number of anilines is 2. The third kappa shape index (κ3) is 4.52. The Balaban J connectivity index is 1.55. The second-order valence-electron chi connectivity index (χ2n) is 8.25. The zero-order valence-corrected chi connectivity index (χ0v) is 18.7. The number of para-hydroxylation sites is 1. The molecule has 5 N–H and O–H groups in total. The molecular weight excluding hydrogens is 418 g/mol. The van der Waals surface area contributed by atoms with Crippen LogP contribution < -0.4 is 27.4 Å². The number of hydrogen-bond donors (Lipinski definition) is 3. The summed E-state index contributed by atoms with van der Waals surface area (Å²) in [5.74, 6) is 6.85. The van der Waals surface area contributed by atoms with Gasteiger partial charge in [-0.05, 0) is 49.1 Å². The molecule has 1 amide bonds. The van der Waals surface area contributed by atoms with Gasteiger partial charge in [-0.2, -0.15) is 5.10 Å². The molecule has 3 aromatic rings. The normalized spacial score (nSPS) is 15.1. The molecule has 0 unspecified atom stereocenters. The number of amidine groups is 1. The second kappa shape index (κ2) is 9.72. The van der Waals surface area contributed by atoms with Crippen LogP contribution in [-0.2, 0) is 17.8 Å². The SMILES string of the molecule is CCc1nc2ccc(NC=O)cc2c(=O)n1CC1CCN(c2ccccc2/C(N)=N/N)CC1. The van der Waals surface area contributed by atoms with E-state index in [2.05, 4.69) is 15.3 Å². The number of fused-ring (bicyclic) bond motifs is 1. The molecule has 0 spiro atoms. The Morgan fingerprint density at radius 2 is 2.00 bits per heavy atom. The number of nitrogens with one attached hydrogen (secondary N) is 1. The van der Waals surface area contributed by atoms with Crippen molar-refractivity contribution in [2.45, 2.75) is 32.7 Å². The van der Waals surface area contributed by atoms with Crippen LogP contribution in [0.15, 0.2) is 52.4 Å². The molecule has 172 valence electrons. The maximum Gasteiger partial charge on any atom is 0.261 e. The average molecular weight is 448 g/mol. The first-order valence-electron chi connectivity index (χ1n) is 11.2. The molecule has 1 fully saturated rings. The van der Waals surface area contributed by atoms with Crippen molar-refractivity contribution < 1.29 is 4.79 Å². The summed E-state index contributed by atoms with van der Waals surface area (Å²) in [5, 5.41) is 6.78. The van der Waals surface area contributed by atoms with Crippen LogP contribution in [0.5, 0.6) is 0 Å². The summed E-state index contributed by atoms with van der Waals surface area (Å²) in [6, 6.07) is 13.1. The van der Waals surface area contributed by atoms with Crippen molar-refractivity contribution in [3.63, 3.8) is 0 Å². The summed E-state index contributed by atoms with van der Waals surface area (Å²) in [6.07, 6.45) is 3.15. The Hall–Kier alpha value is -3.88. The van der Waals surface area contributed by atoms with E-state index in [0.717, 1.165) is 43.0 Å². The van der Waals surface area contributed by atoms with Gasteiger partial charge in [0.1, 0.15) is 5.82 Å². The van der Waals surface area contributed by atoms with Gasteiger partial charge in [-0.3, -0.25) is 14.2 Å². The van der Waals surface area contributed by atoms with Crippen LogP contribution in [0.2, 0.25) is 0 Å². The fraction of sp³-hybridized carbons (Fsp3) is 0.333. The first-order valence-corrected chi connectivity index (χ1v) is 11.2. The molecule has 2 aromatic carbocycles. The lowest BCUT2D eigenvalue weighted by atomic mass is 9.95. The van der Waals surface area contributed by atoms with Gasteiger partial charge in [0.2, 0.25) is 6.41 Å². The summed E-state index contributed by atoms with van der Waals surface area (Å²) in [4.78, 5) is 31.1. The molecule has 1 aromatic heterocycles. The van der Waals surface area contributed by atoms with Crippen molar-refractivity contribution in [1.29, 1.82) is 0 Å². The standard InChI is InChI=1S/C24H29N7O2/c1-2-22-28-20-8-7-17(27-15-32)13-19(20)24(33)31(22)14-16-9-11-30(12-10-16)21-6-4-3-5-18(21)23(25)29-26/h3-8,13,15-16H,2,9-12,14,26H2,1H3,(H2,25,29)(H,27,32). The number of hydrazone groups is 1. The molecule has 0 atom stereocenters. The number of nitrogens with two attached hydrogens (primary N) is 2. The first kappa shape index (κ1) is 22.3. The summed E-state index contributed by atoms with van der Waals surface area (Å²) in [6.45, 7) is 4.34. The monoisotopic (exact) mass is 447 g/mol. The Morgan fingerprint density at radius 1 is 1.24 bits per heavy atom. The van der Waals surface area contributed by atoms with Crippen molar-refractivity contribution in [2.24, 2.45) is 22.6 Å². The van der Waals surface area contributed by atoms with Gasteiger partial charge in [0.15, 0.2) is 5.84 Å². The van der Waals surface area contributed by atoms with Crippen LogP contribution in [0.25, 0.3) is 10.9 Å². The molecular formula is C24H29N7O2. The van der Waals surface area contributed by atoms with Crippen LogP contribution in [0.3, 0.4) is 0 Å². The molecule has 1 aliphatic rings. The number of amides is 1. The number of hydrogen-bond acceptors (Lipinski definition) is 6. The predicted octanol–water partition coefficient (Wildman–Crippen LogP) is 2.02. The summed E-state index contributed by atoms with van der Waals surface area (Å²) in [7, 11) is 0. The van der Waals surface area contributed by atoms with E-state index in [9.17, 15) is 9.59 Å². The maximum atomic E-state index is 13.3. The highest BCUT2D eigenvalue weighted by molar-refractivity contribution is 6.02. The highest BCUT2D eigenvalue weighted by atomic mass is 16.1. The van der Waals surface area contributed by atoms with Crippen LogP contribution in [0, 0.1) is 5.92 Å². The number of aryl methyl sites for hydroxylation is 1. The number of piperidine rings is 1. The van der Waals surface area contributed by atoms with Crippen LogP contribution in [-0.4, -0.2) is 34.9 Å². The fourth-order valence-electron chi connectivity index (χ4n) is 4.53. The molecule has 0 radical (unpaired) electrons. The van der Waals surface area contributed by atoms with Gasteiger partial charge in [0.05, 0.1) is 10.9 Å². The van der Waals surface area contributed by atoms with Crippen molar-refractivity contribution in [1.82, 2.24) is 9.55 Å². The molecule has 0 saturated carbocycles. The van der Waals surface area contributed by atoms with Gasteiger partial charge in [-0.1, -0.05) is 19.1 Å². The minimum absolute atomic E-state index is 0.0638. The van der Waals surface area contributed by atoms with Gasteiger partial charge >= 0.3 is 0 Å². The van der Waals surface area contributed by atoms with E-state index < -0.39 is 0 Å². The molecule has 33 heavy (non-hydrogen) atoms. The number of carbonyl (C=O) groups is 1. The lowest BCUT2D eigenvalue weighted by Crippen LogP contribution is -2.38. The Bertz CT molecular complexity index is 1240. The third-order valence-electron chi connectivity index (χ3n) is 6.29. The molecule has 9 nitrogen and oxygen atoms in total. The van der Waals surface area contributed by atoms with E-state index in [0.29, 0.717) is 47.7 Å². The maximum absolute atomic E-state index is 13.3. The first-order chi connectivity index (χ1) is 16.0. The smallest absolute Gasteiger partial charge is 0.261 e. The highest BCUT2D eigenvalue weighted by Crippen LogP contribution is 2.27. The molecule has 4 rings (SSSR count). The van der Waals surface area contributed by atoms with E-state index in [1.807, 2.05) is 31.2 Å². The Labute approximate surface area is 192 Å². The van der Waals surface area contributed by atoms with Crippen LogP contribution in [0.1, 0.15) is 31.2 Å². The lowest BCUT2D eigenvalue weighted by molar-refractivity contribution is -0.105. The van der Waals surface area contributed by atoms with E-state index >= 15 is 0 Å². The molecule has 9 heteroatoms. The van der Waals surface area contributed by atoms with E-state index in [-0.39, 0.29) is 5.56 Å². The molecule has 2 heterocycles. The number of aromatic nitrogens is 2. The van der Waals surface area contributed by atoms with Gasteiger partial charge < -0.3 is 21.8 Å². The van der Waals surface area contributed by atoms with E-state index in [1.54, 1.807) is 22.8 Å². The van der Waals surface area contributed by atoms with Crippen molar-refractivity contribution in [3.8, 4) is 0 Å². The number of benzene rings is 2. The Kier molecular flexibility index (Phi) is 6.58. The minimum Gasteiger partial charge on any atom is -0.382 e. The third-order valence-corrected chi connectivity index (χ3v) is 6.29. The average Bonchev–Trinajstić information content (AvgIpc) is 2.86. The van der Waals surface area contributed by atoms with Gasteiger partial charge in [0, 0.05) is 43.0 Å². The number of carbonyl (C=O) groups excluding carboxylic acids is 1. The van der Waals surface area contributed by atoms with Gasteiger partial charge in [-0.25, -0.2) is 4.98 Å². The van der Waals surface area contributed by atoms with Crippen molar-refractivity contribution in [2.75, 3.05) is 23.3 Å². The minimum atomic E-state index is -0.0638. The van der Waals surface area contributed by atoms with E-state index in [4.69, 9.17) is 16.6 Å². The van der Waals surface area contributed by atoms with Crippen molar-refractivity contribution in [3.05, 3.63) is 64.2 Å². The van der Waals surface area contributed by atoms with Gasteiger partial charge in [-0.15, -0.1) is 0 Å². The van der Waals surface area contributed by atoms with E-state index in [1.165, 1.54) is 0 Å². The van der Waals surface area contributed by atoms with Crippen LogP contribution >= 0.6 is 0 Å². The zero-order chi connectivity index (χ0) is 23.4. The largest absolute Gasteiger partial charge is 0.382 e. The zero-order valence-electron chi connectivity index (χ0n) is 18.7. The molecule has 0 aliphatic carbocycles. The second-order valence-corrected chi connectivity index (χ2v) is 8.25. The molecule has 1 saturated heterocycles. The Morgan fingerprint density at radius 3 is 2.70 bits per heavy atom. The van der Waals surface area contributed by atoms with Crippen LogP contribution in [0.4, 0.5) is 11.4 Å². The molecule has 0 bridgehead atoms. The highest BCUT2D eigenvalue weighted by Gasteiger charge is 2.23. The van der Waals surface area contributed by atoms with Gasteiger partial charge in [0.25, 0.3) is 5.56 Å².